The summed E-state index contributed by atoms with van der Waals surface area (Å²) in [5.41, 5.74) is 1.63. The molecule has 0 aliphatic heterocycles. The molecule has 0 aliphatic rings. The molecule has 3 heteroatoms. The van der Waals surface area contributed by atoms with Crippen molar-refractivity contribution >= 4 is 24.2 Å². The number of nitrogens with one attached hydrogen (secondary N) is 2. The zero-order valence-corrected chi connectivity index (χ0v) is 9.35. The van der Waals surface area contributed by atoms with E-state index in [1.807, 2.05) is 36.4 Å². The lowest BCUT2D eigenvalue weighted by atomic mass is 10.2. The molecule has 0 unspecified atom stereocenters. The van der Waals surface area contributed by atoms with Crippen LogP contribution in [0.2, 0.25) is 0 Å². The van der Waals surface area contributed by atoms with E-state index in [1.165, 1.54) is 6.21 Å². The Morgan fingerprint density at radius 2 is 1.88 bits per heavy atom. The summed E-state index contributed by atoms with van der Waals surface area (Å²) in [7, 11) is 0. The number of aromatic nitrogens is 1. The molecule has 1 aromatic carbocycles. The van der Waals surface area contributed by atoms with Crippen LogP contribution in [0.15, 0.2) is 48.8 Å². The van der Waals surface area contributed by atoms with E-state index < -0.39 is 0 Å². The van der Waals surface area contributed by atoms with Gasteiger partial charge in [0.2, 0.25) is 0 Å². The second-order valence-corrected chi connectivity index (χ2v) is 3.58. The summed E-state index contributed by atoms with van der Waals surface area (Å²) in [6, 6.07) is 11.4. The summed E-state index contributed by atoms with van der Waals surface area (Å²) < 4.78 is 0. The number of nitrogens with zero attached hydrogens (tertiary/aromatic N) is 1. The minimum atomic E-state index is 0.724. The van der Waals surface area contributed by atoms with Crippen molar-refractivity contribution < 1.29 is 0 Å². The molecule has 2 rings (SSSR count). The molecule has 2 N–H and O–H groups in total. The second-order valence-electron chi connectivity index (χ2n) is 3.58. The lowest BCUT2D eigenvalue weighted by molar-refractivity contribution is 1.33. The van der Waals surface area contributed by atoms with Crippen molar-refractivity contribution in [2.75, 3.05) is 5.32 Å². The molecule has 0 bridgehead atoms. The molecule has 0 spiro atoms. The van der Waals surface area contributed by atoms with Crippen molar-refractivity contribution in [2.24, 2.45) is 0 Å². The van der Waals surface area contributed by atoms with Crippen molar-refractivity contribution in [3.63, 3.8) is 0 Å². The Morgan fingerprint density at radius 1 is 1.18 bits per heavy atom. The van der Waals surface area contributed by atoms with E-state index in [4.69, 9.17) is 5.41 Å². The number of hydrogen-bond donors (Lipinski definition) is 2. The Labute approximate surface area is 99.7 Å². The Hall–Kier alpha value is -2.42. The van der Waals surface area contributed by atoms with Crippen LogP contribution in [0.5, 0.6) is 0 Å². The predicted octanol–water partition coefficient (Wildman–Crippen LogP) is 1.36. The topological polar surface area (TPSA) is 48.8 Å². The van der Waals surface area contributed by atoms with Gasteiger partial charge in [-0.3, -0.25) is 4.98 Å². The second kappa shape index (κ2) is 5.07. The first kappa shape index (κ1) is 11.1. The average molecular weight is 223 g/mol. The fourth-order valence-corrected chi connectivity index (χ4v) is 1.55. The molecule has 2 aromatic rings. The van der Waals surface area contributed by atoms with Crippen molar-refractivity contribution in [1.82, 2.24) is 4.98 Å². The quantitative estimate of drug-likeness (QED) is 0.772. The van der Waals surface area contributed by atoms with Crippen LogP contribution < -0.4 is 15.8 Å². The van der Waals surface area contributed by atoms with Gasteiger partial charge in [-0.2, -0.15) is 0 Å². The number of anilines is 1. The Morgan fingerprint density at radius 3 is 2.53 bits per heavy atom. The molecule has 0 aliphatic carbocycles. The predicted molar refractivity (Wildman–Crippen MR) is 71.3 cm³/mol. The van der Waals surface area contributed by atoms with Gasteiger partial charge in [-0.05, 0) is 17.4 Å². The van der Waals surface area contributed by atoms with Crippen LogP contribution in [0.25, 0.3) is 12.3 Å². The van der Waals surface area contributed by atoms with E-state index in [0.717, 1.165) is 21.8 Å². The maximum Gasteiger partial charge on any atom is 0.0642 e. The first-order valence-corrected chi connectivity index (χ1v) is 5.27. The molecule has 17 heavy (non-hydrogen) atoms. The molecular weight excluding hydrogens is 210 g/mol. The van der Waals surface area contributed by atoms with Crippen molar-refractivity contribution in [3.8, 4) is 0 Å². The van der Waals surface area contributed by atoms with E-state index in [2.05, 4.69) is 16.9 Å². The van der Waals surface area contributed by atoms with Crippen LogP contribution in [-0.4, -0.2) is 11.2 Å². The van der Waals surface area contributed by atoms with E-state index in [-0.39, 0.29) is 0 Å². The van der Waals surface area contributed by atoms with E-state index in [1.54, 1.807) is 12.4 Å². The largest absolute Gasteiger partial charge is 0.354 e. The Kier molecular flexibility index (Phi) is 3.31. The Balaban J connectivity index is 2.49. The van der Waals surface area contributed by atoms with E-state index in [9.17, 15) is 0 Å². The highest BCUT2D eigenvalue weighted by Crippen LogP contribution is 2.05. The number of rotatable bonds is 3. The Bertz CT molecular complexity index is 617. The molecule has 0 saturated heterocycles. The number of hydrogen-bond acceptors (Lipinski definition) is 3. The van der Waals surface area contributed by atoms with Gasteiger partial charge in [-0.15, -0.1) is 0 Å². The van der Waals surface area contributed by atoms with Crippen LogP contribution >= 0.6 is 0 Å². The monoisotopic (exact) mass is 223 g/mol. The van der Waals surface area contributed by atoms with Crippen LogP contribution in [0.4, 0.5) is 5.69 Å². The third-order valence-electron chi connectivity index (χ3n) is 2.41. The fraction of sp³-hybridized carbons (Fsp3) is 0. The van der Waals surface area contributed by atoms with E-state index in [0.29, 0.717) is 0 Å². The lowest BCUT2D eigenvalue weighted by Crippen LogP contribution is -2.28. The van der Waals surface area contributed by atoms with Crippen LogP contribution in [0.3, 0.4) is 0 Å². The van der Waals surface area contributed by atoms with Crippen LogP contribution in [0.1, 0.15) is 0 Å². The van der Waals surface area contributed by atoms with Gasteiger partial charge < -0.3 is 10.7 Å². The highest BCUT2D eigenvalue weighted by molar-refractivity contribution is 6.04. The van der Waals surface area contributed by atoms with Gasteiger partial charge in [-0.1, -0.05) is 30.8 Å². The third-order valence-corrected chi connectivity index (χ3v) is 2.41. The van der Waals surface area contributed by atoms with Gasteiger partial charge in [0.15, 0.2) is 0 Å². The lowest BCUT2D eigenvalue weighted by Gasteiger charge is -2.06. The molecule has 3 nitrogen and oxygen atoms in total. The molecule has 1 heterocycles. The highest BCUT2D eigenvalue weighted by atomic mass is 14.9. The zero-order valence-electron chi connectivity index (χ0n) is 9.35. The summed E-state index contributed by atoms with van der Waals surface area (Å²) in [6.07, 6.45) is 4.71. The molecule has 0 amide bonds. The summed E-state index contributed by atoms with van der Waals surface area (Å²) in [6.45, 7) is 3.95. The molecule has 0 fully saturated rings. The number of pyridine rings is 1. The molecule has 0 saturated carbocycles. The SMILES string of the molecule is C=c1cccc/c1=C(/C=N)Nc1ccncc1. The first-order valence-electron chi connectivity index (χ1n) is 5.27. The van der Waals surface area contributed by atoms with Gasteiger partial charge in [0.05, 0.1) is 5.70 Å². The minimum Gasteiger partial charge on any atom is -0.354 e. The van der Waals surface area contributed by atoms with Gasteiger partial charge in [-0.25, -0.2) is 0 Å². The highest BCUT2D eigenvalue weighted by Gasteiger charge is 1.96. The summed E-state index contributed by atoms with van der Waals surface area (Å²) in [5, 5.41) is 12.5. The maximum absolute atomic E-state index is 7.48. The summed E-state index contributed by atoms with van der Waals surface area (Å²) >= 11 is 0. The van der Waals surface area contributed by atoms with Gasteiger partial charge in [0.25, 0.3) is 0 Å². The molecular formula is C14H13N3. The van der Waals surface area contributed by atoms with Gasteiger partial charge in [0, 0.05) is 29.5 Å². The van der Waals surface area contributed by atoms with Crippen molar-refractivity contribution in [1.29, 1.82) is 5.41 Å². The molecule has 1 aromatic heterocycles. The standard InChI is InChI=1S/C14H13N3/c1-11-4-2-3-5-13(11)14(10-15)17-12-6-8-16-9-7-12/h2-10,15H,1H2,(H,16,17)/b14-13+,15-10?. The van der Waals surface area contributed by atoms with Crippen molar-refractivity contribution in [3.05, 3.63) is 59.2 Å². The summed E-state index contributed by atoms with van der Waals surface area (Å²) in [5.74, 6) is 0. The smallest absolute Gasteiger partial charge is 0.0642 e. The van der Waals surface area contributed by atoms with Crippen LogP contribution in [0, 0.1) is 5.41 Å². The molecule has 84 valence electrons. The molecule has 0 atom stereocenters. The average Bonchev–Trinajstić information content (AvgIpc) is 2.38. The first-order chi connectivity index (χ1) is 8.31. The van der Waals surface area contributed by atoms with Crippen molar-refractivity contribution in [2.45, 2.75) is 0 Å². The zero-order chi connectivity index (χ0) is 12.1. The molecule has 0 radical (unpaired) electrons. The van der Waals surface area contributed by atoms with E-state index >= 15 is 0 Å². The van der Waals surface area contributed by atoms with Gasteiger partial charge >= 0.3 is 0 Å². The van der Waals surface area contributed by atoms with Crippen LogP contribution in [-0.2, 0) is 0 Å². The maximum atomic E-state index is 7.48. The van der Waals surface area contributed by atoms with Gasteiger partial charge in [0.1, 0.15) is 0 Å². The third kappa shape index (κ3) is 2.58. The fourth-order valence-electron chi connectivity index (χ4n) is 1.55. The number of benzene rings is 1. The normalized spacial score (nSPS) is 11.8. The summed E-state index contributed by atoms with van der Waals surface area (Å²) in [4.78, 5) is 3.95. The minimum absolute atomic E-state index is 0.724.